The molecule has 0 saturated heterocycles. The van der Waals surface area contributed by atoms with Crippen molar-refractivity contribution in [2.75, 3.05) is 24.2 Å². The Morgan fingerprint density at radius 3 is 2.11 bits per heavy atom. The van der Waals surface area contributed by atoms with Crippen molar-refractivity contribution in [1.82, 2.24) is 4.31 Å². The molecule has 0 bridgehead atoms. The number of nitrogens with zero attached hydrogens (tertiary/aromatic N) is 2. The quantitative estimate of drug-likeness (QED) is 0.513. The molecule has 9 nitrogen and oxygen atoms in total. The molecule has 150 valence electrons. The van der Waals surface area contributed by atoms with Gasteiger partial charge in [0.25, 0.3) is 5.69 Å². The van der Waals surface area contributed by atoms with Crippen molar-refractivity contribution in [3.05, 3.63) is 58.6 Å². The molecular weight excluding hydrogens is 384 g/mol. The van der Waals surface area contributed by atoms with Gasteiger partial charge in [0.2, 0.25) is 15.9 Å². The van der Waals surface area contributed by atoms with E-state index >= 15 is 0 Å². The summed E-state index contributed by atoms with van der Waals surface area (Å²) in [5, 5.41) is 16.1. The van der Waals surface area contributed by atoms with E-state index in [1.165, 1.54) is 47.8 Å². The lowest BCUT2D eigenvalue weighted by atomic mass is 10.3. The Bertz CT molecular complexity index is 941. The van der Waals surface area contributed by atoms with Crippen LogP contribution in [0.5, 0.6) is 0 Å². The largest absolute Gasteiger partial charge is 0.376 e. The van der Waals surface area contributed by atoms with Crippen molar-refractivity contribution in [3.63, 3.8) is 0 Å². The van der Waals surface area contributed by atoms with Crippen LogP contribution in [0.25, 0.3) is 0 Å². The fourth-order valence-corrected chi connectivity index (χ4v) is 3.61. The fourth-order valence-electron chi connectivity index (χ4n) is 2.24. The predicted molar refractivity (Wildman–Crippen MR) is 107 cm³/mol. The SMILES string of the molecule is CC(C)N(C)S(=O)(=O)c1ccc(NCC(=O)Nc2ccc([N+](=O)[O-])cc2)cc1. The molecule has 0 heterocycles. The number of non-ortho nitro benzene ring substituents is 1. The summed E-state index contributed by atoms with van der Waals surface area (Å²) in [7, 11) is -2.04. The number of amides is 1. The number of anilines is 2. The first kappa shape index (κ1) is 21.3. The van der Waals surface area contributed by atoms with Gasteiger partial charge in [0.1, 0.15) is 0 Å². The van der Waals surface area contributed by atoms with E-state index in [4.69, 9.17) is 0 Å². The Hall–Kier alpha value is -2.98. The normalized spacial score (nSPS) is 11.5. The number of nitrogens with one attached hydrogen (secondary N) is 2. The van der Waals surface area contributed by atoms with Gasteiger partial charge in [-0.05, 0) is 50.2 Å². The lowest BCUT2D eigenvalue weighted by Gasteiger charge is -2.21. The second-order valence-corrected chi connectivity index (χ2v) is 8.34. The van der Waals surface area contributed by atoms with Gasteiger partial charge in [-0.1, -0.05) is 0 Å². The van der Waals surface area contributed by atoms with E-state index < -0.39 is 14.9 Å². The maximum Gasteiger partial charge on any atom is 0.269 e. The molecule has 0 radical (unpaired) electrons. The molecule has 2 N–H and O–H groups in total. The molecule has 0 aliphatic heterocycles. The summed E-state index contributed by atoms with van der Waals surface area (Å²) < 4.78 is 26.1. The molecule has 0 aliphatic carbocycles. The number of sulfonamides is 1. The van der Waals surface area contributed by atoms with Crippen LogP contribution in [0.4, 0.5) is 17.1 Å². The minimum Gasteiger partial charge on any atom is -0.376 e. The molecule has 0 aromatic heterocycles. The maximum atomic E-state index is 12.4. The Morgan fingerprint density at radius 1 is 1.07 bits per heavy atom. The average Bonchev–Trinajstić information content (AvgIpc) is 2.66. The van der Waals surface area contributed by atoms with Crippen LogP contribution in [-0.2, 0) is 14.8 Å². The third-order valence-corrected chi connectivity index (χ3v) is 6.12. The summed E-state index contributed by atoms with van der Waals surface area (Å²) in [6, 6.07) is 11.5. The van der Waals surface area contributed by atoms with Crippen molar-refractivity contribution in [2.45, 2.75) is 24.8 Å². The van der Waals surface area contributed by atoms with Gasteiger partial charge in [-0.15, -0.1) is 0 Å². The van der Waals surface area contributed by atoms with E-state index in [0.29, 0.717) is 11.4 Å². The van der Waals surface area contributed by atoms with Crippen LogP contribution in [0.15, 0.2) is 53.4 Å². The third kappa shape index (κ3) is 5.27. The molecule has 2 rings (SSSR count). The molecule has 0 fully saturated rings. The molecule has 2 aromatic carbocycles. The summed E-state index contributed by atoms with van der Waals surface area (Å²) in [5.41, 5.74) is 0.967. The number of benzene rings is 2. The highest BCUT2D eigenvalue weighted by Crippen LogP contribution is 2.19. The van der Waals surface area contributed by atoms with Crippen molar-refractivity contribution in [2.24, 2.45) is 0 Å². The fraction of sp³-hybridized carbons (Fsp3) is 0.278. The molecule has 0 aliphatic rings. The van der Waals surface area contributed by atoms with Gasteiger partial charge in [0, 0.05) is 36.6 Å². The van der Waals surface area contributed by atoms with Crippen molar-refractivity contribution in [1.29, 1.82) is 0 Å². The van der Waals surface area contributed by atoms with Crippen molar-refractivity contribution < 1.29 is 18.1 Å². The zero-order valence-electron chi connectivity index (χ0n) is 15.7. The summed E-state index contributed by atoms with van der Waals surface area (Å²) in [4.78, 5) is 22.3. The second kappa shape index (κ2) is 8.81. The molecular formula is C18H22N4O5S. The molecule has 0 spiro atoms. The highest BCUT2D eigenvalue weighted by atomic mass is 32.2. The van der Waals surface area contributed by atoms with E-state index in [0.717, 1.165) is 0 Å². The van der Waals surface area contributed by atoms with E-state index in [2.05, 4.69) is 10.6 Å². The standard InChI is InChI=1S/C18H22N4O5S/c1-13(2)21(3)28(26,27)17-10-6-14(7-11-17)19-12-18(23)20-15-4-8-16(9-5-15)22(24)25/h4-11,13,19H,12H2,1-3H3,(H,20,23). The van der Waals surface area contributed by atoms with Gasteiger partial charge < -0.3 is 10.6 Å². The van der Waals surface area contributed by atoms with E-state index in [1.807, 2.05) is 0 Å². The Kier molecular flexibility index (Phi) is 6.71. The number of rotatable bonds is 8. The maximum absolute atomic E-state index is 12.4. The molecule has 28 heavy (non-hydrogen) atoms. The molecule has 1 amide bonds. The summed E-state index contributed by atoms with van der Waals surface area (Å²) in [5.74, 6) is -0.343. The molecule has 0 atom stereocenters. The molecule has 10 heteroatoms. The predicted octanol–water partition coefficient (Wildman–Crippen LogP) is 2.67. The highest BCUT2D eigenvalue weighted by molar-refractivity contribution is 7.89. The number of hydrogen-bond acceptors (Lipinski definition) is 6. The summed E-state index contributed by atoms with van der Waals surface area (Å²) in [6.07, 6.45) is 0. The lowest BCUT2D eigenvalue weighted by Crippen LogP contribution is -2.33. The van der Waals surface area contributed by atoms with E-state index in [-0.39, 0.29) is 29.1 Å². The van der Waals surface area contributed by atoms with Crippen molar-refractivity contribution >= 4 is 33.0 Å². The van der Waals surface area contributed by atoms with Crippen LogP contribution >= 0.6 is 0 Å². The molecule has 0 saturated carbocycles. The van der Waals surface area contributed by atoms with Crippen LogP contribution in [0, 0.1) is 10.1 Å². The van der Waals surface area contributed by atoms with Gasteiger partial charge in [0.05, 0.1) is 16.4 Å². The van der Waals surface area contributed by atoms with Crippen LogP contribution in [0.3, 0.4) is 0 Å². The number of carbonyl (C=O) groups excluding carboxylic acids is 1. The monoisotopic (exact) mass is 406 g/mol. The number of carbonyl (C=O) groups is 1. The van der Waals surface area contributed by atoms with Crippen molar-refractivity contribution in [3.8, 4) is 0 Å². The first-order valence-electron chi connectivity index (χ1n) is 8.47. The van der Waals surface area contributed by atoms with Gasteiger partial charge in [-0.2, -0.15) is 4.31 Å². The Balaban J connectivity index is 1.94. The van der Waals surface area contributed by atoms with Crippen LogP contribution in [0.1, 0.15) is 13.8 Å². The van der Waals surface area contributed by atoms with Crippen LogP contribution < -0.4 is 10.6 Å². The molecule has 0 unspecified atom stereocenters. The first-order valence-corrected chi connectivity index (χ1v) is 9.91. The zero-order chi connectivity index (χ0) is 20.9. The van der Waals surface area contributed by atoms with Gasteiger partial charge in [-0.3, -0.25) is 14.9 Å². The van der Waals surface area contributed by atoms with Gasteiger partial charge >= 0.3 is 0 Å². The highest BCUT2D eigenvalue weighted by Gasteiger charge is 2.22. The van der Waals surface area contributed by atoms with Gasteiger partial charge in [-0.25, -0.2) is 8.42 Å². The number of hydrogen-bond donors (Lipinski definition) is 2. The second-order valence-electron chi connectivity index (χ2n) is 6.35. The third-order valence-electron chi connectivity index (χ3n) is 4.07. The number of nitro groups is 1. The first-order chi connectivity index (χ1) is 13.1. The number of nitro benzene ring substituents is 1. The van der Waals surface area contributed by atoms with Crippen LogP contribution in [0.2, 0.25) is 0 Å². The molecule has 2 aromatic rings. The Labute approximate surface area is 163 Å². The average molecular weight is 406 g/mol. The van der Waals surface area contributed by atoms with E-state index in [9.17, 15) is 23.3 Å². The minimum absolute atomic E-state index is 0.0466. The zero-order valence-corrected chi connectivity index (χ0v) is 16.6. The lowest BCUT2D eigenvalue weighted by molar-refractivity contribution is -0.384. The van der Waals surface area contributed by atoms with E-state index in [1.54, 1.807) is 26.0 Å². The topological polar surface area (TPSA) is 122 Å². The summed E-state index contributed by atoms with van der Waals surface area (Å²) in [6.45, 7) is 3.53. The summed E-state index contributed by atoms with van der Waals surface area (Å²) >= 11 is 0. The van der Waals surface area contributed by atoms with Gasteiger partial charge in [0.15, 0.2) is 0 Å². The Morgan fingerprint density at radius 2 is 1.61 bits per heavy atom. The van der Waals surface area contributed by atoms with Crippen LogP contribution in [-0.4, -0.2) is 43.2 Å². The smallest absolute Gasteiger partial charge is 0.269 e. The minimum atomic E-state index is -3.56.